The van der Waals surface area contributed by atoms with Crippen LogP contribution in [0.1, 0.15) is 40.0 Å². The molecule has 18 heavy (non-hydrogen) atoms. The monoisotopic (exact) mass is 252 g/mol. The Hall–Kier alpha value is -1.06. The van der Waals surface area contributed by atoms with E-state index in [1.54, 1.807) is 0 Å². The van der Waals surface area contributed by atoms with Crippen molar-refractivity contribution in [2.75, 3.05) is 13.1 Å². The second kappa shape index (κ2) is 5.29. The quantitative estimate of drug-likeness (QED) is 0.825. The first-order valence-corrected chi connectivity index (χ1v) is 7.06. The first-order valence-electron chi connectivity index (χ1n) is 7.06. The van der Waals surface area contributed by atoms with Crippen LogP contribution in [0, 0.1) is 17.8 Å². The summed E-state index contributed by atoms with van der Waals surface area (Å²) in [5, 5.41) is 2.70. The van der Waals surface area contributed by atoms with Crippen LogP contribution in [0.15, 0.2) is 0 Å². The summed E-state index contributed by atoms with van der Waals surface area (Å²) >= 11 is 0. The Bertz CT molecular complexity index is 341. The zero-order valence-electron chi connectivity index (χ0n) is 11.6. The molecule has 1 aliphatic heterocycles. The van der Waals surface area contributed by atoms with Crippen molar-refractivity contribution in [3.05, 3.63) is 0 Å². The molecule has 0 aromatic rings. The third kappa shape index (κ3) is 2.68. The van der Waals surface area contributed by atoms with E-state index in [1.807, 2.05) is 18.7 Å². The van der Waals surface area contributed by atoms with E-state index in [0.29, 0.717) is 5.92 Å². The molecule has 2 aliphatic rings. The summed E-state index contributed by atoms with van der Waals surface area (Å²) < 4.78 is 0. The van der Waals surface area contributed by atoms with Crippen LogP contribution in [0.25, 0.3) is 0 Å². The van der Waals surface area contributed by atoms with Crippen molar-refractivity contribution >= 4 is 11.8 Å². The number of rotatable bonds is 3. The zero-order chi connectivity index (χ0) is 13.3. The lowest BCUT2D eigenvalue weighted by Gasteiger charge is -2.38. The number of nitrogens with one attached hydrogen (secondary N) is 1. The van der Waals surface area contributed by atoms with Gasteiger partial charge in [-0.1, -0.05) is 27.2 Å². The summed E-state index contributed by atoms with van der Waals surface area (Å²) in [5.74, 6) is 1.61. The number of amides is 2. The minimum absolute atomic E-state index is 0.00986. The van der Waals surface area contributed by atoms with Gasteiger partial charge in [-0.3, -0.25) is 9.59 Å². The van der Waals surface area contributed by atoms with E-state index in [-0.39, 0.29) is 30.3 Å². The lowest BCUT2D eigenvalue weighted by Crippen LogP contribution is -2.61. The molecule has 2 amide bonds. The maximum Gasteiger partial charge on any atom is 0.243 e. The molecule has 1 aliphatic carbocycles. The third-order valence-corrected chi connectivity index (χ3v) is 4.23. The van der Waals surface area contributed by atoms with Crippen molar-refractivity contribution in [2.24, 2.45) is 17.8 Å². The Balaban J connectivity index is 2.06. The molecule has 3 unspecified atom stereocenters. The van der Waals surface area contributed by atoms with Crippen LogP contribution in [0.3, 0.4) is 0 Å². The minimum Gasteiger partial charge on any atom is -0.345 e. The lowest BCUT2D eigenvalue weighted by molar-refractivity contribution is -0.148. The van der Waals surface area contributed by atoms with Crippen LogP contribution in [0.5, 0.6) is 0 Å². The second-order valence-corrected chi connectivity index (χ2v) is 6.24. The smallest absolute Gasteiger partial charge is 0.243 e. The van der Waals surface area contributed by atoms with Crippen LogP contribution in [0.4, 0.5) is 0 Å². The molecule has 0 aromatic carbocycles. The van der Waals surface area contributed by atoms with Gasteiger partial charge in [0.05, 0.1) is 6.54 Å². The Morgan fingerprint density at radius 2 is 2.06 bits per heavy atom. The molecule has 3 atom stereocenters. The summed E-state index contributed by atoms with van der Waals surface area (Å²) in [6, 6.07) is -0.276. The summed E-state index contributed by atoms with van der Waals surface area (Å²) in [7, 11) is 0. The highest BCUT2D eigenvalue weighted by Gasteiger charge is 2.38. The molecule has 1 saturated heterocycles. The predicted octanol–water partition coefficient (Wildman–Crippen LogP) is 1.41. The average molecular weight is 252 g/mol. The Labute approximate surface area is 109 Å². The standard InChI is InChI=1S/C14H24N2O2/c1-9(2)13-14(18)15-7-12(17)16(13)8-11-5-4-10(3)6-11/h9-11,13H,4-8H2,1-3H3,(H,15,18). The molecule has 1 saturated carbocycles. The molecule has 4 nitrogen and oxygen atoms in total. The molecule has 2 fully saturated rings. The number of carbonyl (C=O) groups is 2. The van der Waals surface area contributed by atoms with E-state index in [0.717, 1.165) is 12.5 Å². The molecule has 2 rings (SSSR count). The Kier molecular flexibility index (Phi) is 3.93. The first-order chi connectivity index (χ1) is 8.49. The minimum atomic E-state index is -0.276. The molecule has 0 bridgehead atoms. The largest absolute Gasteiger partial charge is 0.345 e. The average Bonchev–Trinajstić information content (AvgIpc) is 2.69. The highest BCUT2D eigenvalue weighted by molar-refractivity contribution is 5.94. The SMILES string of the molecule is CC1CCC(CN2C(=O)CNC(=O)C2C(C)C)C1. The van der Waals surface area contributed by atoms with Gasteiger partial charge in [-0.25, -0.2) is 0 Å². The van der Waals surface area contributed by atoms with E-state index in [4.69, 9.17) is 0 Å². The van der Waals surface area contributed by atoms with Gasteiger partial charge in [0, 0.05) is 6.54 Å². The molecule has 4 heteroatoms. The predicted molar refractivity (Wildman–Crippen MR) is 69.9 cm³/mol. The zero-order valence-corrected chi connectivity index (χ0v) is 11.6. The van der Waals surface area contributed by atoms with E-state index < -0.39 is 0 Å². The molecule has 0 aromatic heterocycles. The van der Waals surface area contributed by atoms with Crippen LogP contribution < -0.4 is 5.32 Å². The van der Waals surface area contributed by atoms with Gasteiger partial charge in [-0.05, 0) is 30.6 Å². The maximum atomic E-state index is 12.0. The van der Waals surface area contributed by atoms with E-state index >= 15 is 0 Å². The van der Waals surface area contributed by atoms with Gasteiger partial charge in [-0.15, -0.1) is 0 Å². The van der Waals surface area contributed by atoms with Crippen molar-refractivity contribution in [3.63, 3.8) is 0 Å². The lowest BCUT2D eigenvalue weighted by atomic mass is 9.96. The van der Waals surface area contributed by atoms with Gasteiger partial charge in [0.25, 0.3) is 0 Å². The Morgan fingerprint density at radius 1 is 1.33 bits per heavy atom. The molecule has 0 radical (unpaired) electrons. The van der Waals surface area contributed by atoms with Gasteiger partial charge in [0.1, 0.15) is 6.04 Å². The summed E-state index contributed by atoms with van der Waals surface area (Å²) in [5.41, 5.74) is 0. The number of hydrogen-bond donors (Lipinski definition) is 1. The second-order valence-electron chi connectivity index (χ2n) is 6.24. The normalized spacial score (nSPS) is 33.1. The molecule has 102 valence electrons. The van der Waals surface area contributed by atoms with Gasteiger partial charge in [0.2, 0.25) is 11.8 Å². The summed E-state index contributed by atoms with van der Waals surface area (Å²) in [6.45, 7) is 7.22. The van der Waals surface area contributed by atoms with Gasteiger partial charge >= 0.3 is 0 Å². The van der Waals surface area contributed by atoms with Crippen molar-refractivity contribution in [1.29, 1.82) is 0 Å². The number of piperazine rings is 1. The van der Waals surface area contributed by atoms with Crippen LogP contribution in [0.2, 0.25) is 0 Å². The summed E-state index contributed by atoms with van der Waals surface area (Å²) in [6.07, 6.45) is 3.64. The van der Waals surface area contributed by atoms with Crippen LogP contribution >= 0.6 is 0 Å². The molecule has 1 heterocycles. The van der Waals surface area contributed by atoms with Gasteiger partial charge < -0.3 is 10.2 Å². The highest BCUT2D eigenvalue weighted by atomic mass is 16.2. The first kappa shape index (κ1) is 13.4. The molecular formula is C14H24N2O2. The summed E-state index contributed by atoms with van der Waals surface area (Å²) in [4.78, 5) is 25.8. The fourth-order valence-corrected chi connectivity index (χ4v) is 3.31. The van der Waals surface area contributed by atoms with Gasteiger partial charge in [-0.2, -0.15) is 0 Å². The number of carbonyl (C=O) groups excluding carboxylic acids is 2. The number of hydrogen-bond acceptors (Lipinski definition) is 2. The van der Waals surface area contributed by atoms with Crippen LogP contribution in [-0.4, -0.2) is 35.8 Å². The van der Waals surface area contributed by atoms with E-state index in [9.17, 15) is 9.59 Å². The molecule has 1 N–H and O–H groups in total. The topological polar surface area (TPSA) is 49.4 Å². The van der Waals surface area contributed by atoms with E-state index in [2.05, 4.69) is 12.2 Å². The highest BCUT2D eigenvalue weighted by Crippen LogP contribution is 2.32. The Morgan fingerprint density at radius 3 is 2.61 bits per heavy atom. The van der Waals surface area contributed by atoms with E-state index in [1.165, 1.54) is 19.3 Å². The maximum absolute atomic E-state index is 12.0. The fourth-order valence-electron chi connectivity index (χ4n) is 3.31. The fraction of sp³-hybridized carbons (Fsp3) is 0.857. The third-order valence-electron chi connectivity index (χ3n) is 4.23. The van der Waals surface area contributed by atoms with Crippen molar-refractivity contribution in [3.8, 4) is 0 Å². The number of nitrogens with zero attached hydrogens (tertiary/aromatic N) is 1. The van der Waals surface area contributed by atoms with Crippen LogP contribution in [-0.2, 0) is 9.59 Å². The van der Waals surface area contributed by atoms with Crippen molar-refractivity contribution in [2.45, 2.75) is 46.1 Å². The molecular weight excluding hydrogens is 228 g/mol. The van der Waals surface area contributed by atoms with Gasteiger partial charge in [0.15, 0.2) is 0 Å². The van der Waals surface area contributed by atoms with Crippen molar-refractivity contribution in [1.82, 2.24) is 10.2 Å². The van der Waals surface area contributed by atoms with Crippen molar-refractivity contribution < 1.29 is 9.59 Å². The molecule has 0 spiro atoms.